The first-order chi connectivity index (χ1) is 8.15. The fourth-order valence-electron chi connectivity index (χ4n) is 1.74. The van der Waals surface area contributed by atoms with Gasteiger partial charge in [-0.15, -0.1) is 0 Å². The molecule has 0 amide bonds. The third kappa shape index (κ3) is 3.17. The van der Waals surface area contributed by atoms with E-state index in [1.807, 2.05) is 0 Å². The van der Waals surface area contributed by atoms with Gasteiger partial charge in [0.15, 0.2) is 0 Å². The van der Waals surface area contributed by atoms with Crippen LogP contribution in [0.15, 0.2) is 18.2 Å². The molecule has 0 aliphatic carbocycles. The Balaban J connectivity index is 2.03. The second kappa shape index (κ2) is 5.14. The van der Waals surface area contributed by atoms with Crippen molar-refractivity contribution in [2.75, 3.05) is 18.9 Å². The van der Waals surface area contributed by atoms with Gasteiger partial charge in [-0.25, -0.2) is 9.18 Å². The number of anilines is 1. The lowest BCUT2D eigenvalue weighted by molar-refractivity contribution is -0.0159. The Kier molecular flexibility index (Phi) is 3.58. The molecule has 0 bridgehead atoms. The number of nitrogens with two attached hydrogens (primary N) is 1. The molecule has 2 rings (SSSR count). The van der Waals surface area contributed by atoms with E-state index in [2.05, 4.69) is 0 Å². The summed E-state index contributed by atoms with van der Waals surface area (Å²) >= 11 is 0. The summed E-state index contributed by atoms with van der Waals surface area (Å²) in [6.45, 7) is 1.17. The number of carbonyl (C=O) groups is 1. The Morgan fingerprint density at radius 3 is 2.71 bits per heavy atom. The topological polar surface area (TPSA) is 61.6 Å². The van der Waals surface area contributed by atoms with Crippen LogP contribution in [0.5, 0.6) is 0 Å². The summed E-state index contributed by atoms with van der Waals surface area (Å²) < 4.78 is 23.5. The summed E-state index contributed by atoms with van der Waals surface area (Å²) in [6.07, 6.45) is 1.20. The number of hydrogen-bond acceptors (Lipinski definition) is 4. The van der Waals surface area contributed by atoms with E-state index in [1.54, 1.807) is 0 Å². The zero-order valence-corrected chi connectivity index (χ0v) is 9.32. The summed E-state index contributed by atoms with van der Waals surface area (Å²) in [5.41, 5.74) is 5.82. The molecule has 1 fully saturated rings. The fourth-order valence-corrected chi connectivity index (χ4v) is 1.74. The van der Waals surface area contributed by atoms with Crippen LogP contribution in [0, 0.1) is 5.82 Å². The van der Waals surface area contributed by atoms with Crippen molar-refractivity contribution < 1.29 is 18.7 Å². The minimum absolute atomic E-state index is 0.147. The molecule has 17 heavy (non-hydrogen) atoms. The Hall–Kier alpha value is -1.62. The molecule has 0 atom stereocenters. The van der Waals surface area contributed by atoms with Gasteiger partial charge in [-0.2, -0.15) is 0 Å². The zero-order valence-electron chi connectivity index (χ0n) is 9.32. The molecule has 1 heterocycles. The van der Waals surface area contributed by atoms with Gasteiger partial charge in [0.1, 0.15) is 11.9 Å². The van der Waals surface area contributed by atoms with Crippen LogP contribution in [-0.2, 0) is 9.47 Å². The first-order valence-electron chi connectivity index (χ1n) is 5.50. The van der Waals surface area contributed by atoms with Crippen molar-refractivity contribution in [2.45, 2.75) is 18.9 Å². The highest BCUT2D eigenvalue weighted by Gasteiger charge is 2.19. The maximum Gasteiger partial charge on any atom is 0.338 e. The molecule has 2 N–H and O–H groups in total. The van der Waals surface area contributed by atoms with Crippen molar-refractivity contribution in [2.24, 2.45) is 0 Å². The summed E-state index contributed by atoms with van der Waals surface area (Å²) in [7, 11) is 0. The lowest BCUT2D eigenvalue weighted by atomic mass is 10.1. The average molecular weight is 239 g/mol. The summed E-state index contributed by atoms with van der Waals surface area (Å²) in [4.78, 5) is 11.7. The molecule has 0 unspecified atom stereocenters. The molecule has 0 radical (unpaired) electrons. The van der Waals surface area contributed by atoms with Crippen molar-refractivity contribution in [3.05, 3.63) is 29.6 Å². The van der Waals surface area contributed by atoms with Crippen LogP contribution in [0.3, 0.4) is 0 Å². The van der Waals surface area contributed by atoms with E-state index in [4.69, 9.17) is 15.2 Å². The molecule has 0 spiro atoms. The molecule has 1 saturated heterocycles. The standard InChI is InChI=1S/C12H14FNO3/c13-9-5-8(6-10(14)7-9)12(15)17-11-1-3-16-4-2-11/h5-7,11H,1-4,14H2. The molecule has 92 valence electrons. The number of hydrogen-bond donors (Lipinski definition) is 1. The molecular formula is C12H14FNO3. The van der Waals surface area contributed by atoms with Crippen LogP contribution in [0.2, 0.25) is 0 Å². The summed E-state index contributed by atoms with van der Waals surface area (Å²) in [6, 6.07) is 3.69. The number of halogens is 1. The van der Waals surface area contributed by atoms with Gasteiger partial charge in [-0.3, -0.25) is 0 Å². The van der Waals surface area contributed by atoms with E-state index in [-0.39, 0.29) is 17.4 Å². The predicted molar refractivity (Wildman–Crippen MR) is 60.1 cm³/mol. The van der Waals surface area contributed by atoms with Crippen molar-refractivity contribution >= 4 is 11.7 Å². The largest absolute Gasteiger partial charge is 0.459 e. The Labute approximate surface area is 98.5 Å². The second-order valence-corrected chi connectivity index (χ2v) is 3.99. The third-order valence-electron chi connectivity index (χ3n) is 2.60. The van der Waals surface area contributed by atoms with Crippen LogP contribution in [0.4, 0.5) is 10.1 Å². The smallest absolute Gasteiger partial charge is 0.338 e. The molecule has 4 nitrogen and oxygen atoms in total. The average Bonchev–Trinajstić information content (AvgIpc) is 2.29. The summed E-state index contributed by atoms with van der Waals surface area (Å²) in [5.74, 6) is -1.08. The molecule has 1 aromatic rings. The zero-order chi connectivity index (χ0) is 12.3. The van der Waals surface area contributed by atoms with Crippen molar-refractivity contribution in [1.82, 2.24) is 0 Å². The number of esters is 1. The van der Waals surface area contributed by atoms with Gasteiger partial charge in [-0.05, 0) is 18.2 Å². The molecule has 1 aliphatic rings. The van der Waals surface area contributed by atoms with Crippen LogP contribution in [0.1, 0.15) is 23.2 Å². The molecule has 5 heteroatoms. The van der Waals surface area contributed by atoms with Gasteiger partial charge >= 0.3 is 5.97 Å². The van der Waals surface area contributed by atoms with E-state index in [0.29, 0.717) is 26.1 Å². The first-order valence-corrected chi connectivity index (χ1v) is 5.50. The maximum atomic E-state index is 13.1. The number of ether oxygens (including phenoxy) is 2. The minimum atomic E-state index is -0.539. The Morgan fingerprint density at radius 2 is 2.06 bits per heavy atom. The van der Waals surface area contributed by atoms with Crippen molar-refractivity contribution in [3.63, 3.8) is 0 Å². The van der Waals surface area contributed by atoms with Gasteiger partial charge in [-0.1, -0.05) is 0 Å². The second-order valence-electron chi connectivity index (χ2n) is 3.99. The first kappa shape index (κ1) is 11.9. The van der Waals surface area contributed by atoms with Gasteiger partial charge in [0.05, 0.1) is 18.8 Å². The number of nitrogen functional groups attached to an aromatic ring is 1. The Bertz CT molecular complexity index is 396. The maximum absolute atomic E-state index is 13.1. The monoisotopic (exact) mass is 239 g/mol. The van der Waals surface area contributed by atoms with Gasteiger partial charge < -0.3 is 15.2 Å². The lowest BCUT2D eigenvalue weighted by Crippen LogP contribution is -2.26. The van der Waals surface area contributed by atoms with E-state index in [1.165, 1.54) is 6.07 Å². The normalized spacial score (nSPS) is 16.8. The highest BCUT2D eigenvalue weighted by molar-refractivity contribution is 5.90. The van der Waals surface area contributed by atoms with E-state index in [9.17, 15) is 9.18 Å². The summed E-state index contributed by atoms with van der Waals surface area (Å²) in [5, 5.41) is 0. The molecule has 1 aliphatic heterocycles. The Morgan fingerprint density at radius 1 is 1.35 bits per heavy atom. The van der Waals surface area contributed by atoms with Gasteiger partial charge in [0.2, 0.25) is 0 Å². The highest BCUT2D eigenvalue weighted by Crippen LogP contribution is 2.16. The molecular weight excluding hydrogens is 225 g/mol. The highest BCUT2D eigenvalue weighted by atomic mass is 19.1. The van der Waals surface area contributed by atoms with Crippen molar-refractivity contribution in [3.8, 4) is 0 Å². The molecule has 1 aromatic carbocycles. The van der Waals surface area contributed by atoms with Gasteiger partial charge in [0, 0.05) is 18.5 Å². The number of benzene rings is 1. The van der Waals surface area contributed by atoms with Crippen LogP contribution < -0.4 is 5.73 Å². The SMILES string of the molecule is Nc1cc(F)cc(C(=O)OC2CCOCC2)c1. The van der Waals surface area contributed by atoms with Crippen LogP contribution >= 0.6 is 0 Å². The van der Waals surface area contributed by atoms with Gasteiger partial charge in [0.25, 0.3) is 0 Å². The third-order valence-corrected chi connectivity index (χ3v) is 2.60. The van der Waals surface area contributed by atoms with E-state index >= 15 is 0 Å². The van der Waals surface area contributed by atoms with E-state index < -0.39 is 11.8 Å². The van der Waals surface area contributed by atoms with Crippen LogP contribution in [-0.4, -0.2) is 25.3 Å². The minimum Gasteiger partial charge on any atom is -0.459 e. The van der Waals surface area contributed by atoms with Crippen molar-refractivity contribution in [1.29, 1.82) is 0 Å². The number of rotatable bonds is 2. The quantitative estimate of drug-likeness (QED) is 0.630. The fraction of sp³-hybridized carbons (Fsp3) is 0.417. The lowest BCUT2D eigenvalue weighted by Gasteiger charge is -2.22. The predicted octanol–water partition coefficient (Wildman–Crippen LogP) is 1.74. The van der Waals surface area contributed by atoms with Crippen LogP contribution in [0.25, 0.3) is 0 Å². The number of carbonyl (C=O) groups excluding carboxylic acids is 1. The van der Waals surface area contributed by atoms with E-state index in [0.717, 1.165) is 12.1 Å². The molecule has 0 saturated carbocycles. The molecule has 0 aromatic heterocycles.